The highest BCUT2D eigenvalue weighted by atomic mass is 16.5. The van der Waals surface area contributed by atoms with Crippen LogP contribution in [0.4, 0.5) is 0 Å². The third-order valence-electron chi connectivity index (χ3n) is 9.14. The summed E-state index contributed by atoms with van der Waals surface area (Å²) < 4.78 is 9.39. The number of fused-ring (bicyclic) bond motifs is 2. The van der Waals surface area contributed by atoms with Crippen LogP contribution in [0.1, 0.15) is 53.1 Å². The van der Waals surface area contributed by atoms with Gasteiger partial charge in [0.1, 0.15) is 12.3 Å². The van der Waals surface area contributed by atoms with E-state index in [0.29, 0.717) is 23.9 Å². The standard InChI is InChI=1S/C32H38N6O3/c1-20-27-11-10-23(32(40)35-12-4-6-25(33)18-35)17-38(27)34-30(20)28-13-22-5-3-7-26(31(22)37(28)14-21-8-9-21)24-15-36(16-24)29(39)19-41-2/h3,5,7,10-11,13,17,21,24-25H,4,6,8-9,12,14-16,18-19,33H2,1-2H3. The fourth-order valence-electron chi connectivity index (χ4n) is 6.64. The normalized spacial score (nSPS) is 19.7. The number of carbonyl (C=O) groups excluding carboxylic acids is 2. The second-order valence-electron chi connectivity index (χ2n) is 12.2. The fourth-order valence-corrected chi connectivity index (χ4v) is 6.64. The Kier molecular flexibility index (Phi) is 6.59. The summed E-state index contributed by atoms with van der Waals surface area (Å²) in [4.78, 5) is 29.4. The lowest BCUT2D eigenvalue weighted by Crippen LogP contribution is -2.49. The number of nitrogens with zero attached hydrogens (tertiary/aromatic N) is 5. The van der Waals surface area contributed by atoms with Gasteiger partial charge in [-0.2, -0.15) is 5.10 Å². The monoisotopic (exact) mass is 554 g/mol. The SMILES string of the molecule is COCC(=O)N1CC(c2cccc3cc(-c4nn5cc(C(=O)N6CCCC(N)C6)ccc5c4C)n(CC4CC4)c23)C1. The second kappa shape index (κ2) is 10.3. The molecule has 0 bridgehead atoms. The molecule has 1 unspecified atom stereocenters. The summed E-state index contributed by atoms with van der Waals surface area (Å²) in [6, 6.07) is 12.8. The van der Waals surface area contributed by atoms with Crippen LogP contribution >= 0.6 is 0 Å². The van der Waals surface area contributed by atoms with Gasteiger partial charge in [0.2, 0.25) is 5.91 Å². The Hall–Kier alpha value is -3.69. The number of aromatic nitrogens is 3. The Morgan fingerprint density at radius 3 is 2.66 bits per heavy atom. The van der Waals surface area contributed by atoms with Crippen LogP contribution in [-0.4, -0.2) is 81.7 Å². The second-order valence-corrected chi connectivity index (χ2v) is 12.2. The lowest BCUT2D eigenvalue weighted by molar-refractivity contribution is -0.139. The minimum Gasteiger partial charge on any atom is -0.375 e. The van der Waals surface area contributed by atoms with E-state index >= 15 is 0 Å². The van der Waals surface area contributed by atoms with Gasteiger partial charge < -0.3 is 24.8 Å². The highest BCUT2D eigenvalue weighted by Gasteiger charge is 2.34. The molecular formula is C32H38N6O3. The molecule has 3 fully saturated rings. The largest absolute Gasteiger partial charge is 0.375 e. The van der Waals surface area contributed by atoms with E-state index in [-0.39, 0.29) is 24.5 Å². The van der Waals surface area contributed by atoms with Crippen LogP contribution in [0.2, 0.25) is 0 Å². The number of nitrogens with two attached hydrogens (primary N) is 1. The van der Waals surface area contributed by atoms with Crippen molar-refractivity contribution in [1.82, 2.24) is 24.0 Å². The van der Waals surface area contributed by atoms with E-state index in [1.165, 1.54) is 29.3 Å². The van der Waals surface area contributed by atoms with Gasteiger partial charge in [0.05, 0.1) is 22.3 Å². The van der Waals surface area contributed by atoms with Crippen LogP contribution in [0.25, 0.3) is 27.8 Å². The highest BCUT2D eigenvalue weighted by Crippen LogP contribution is 2.40. The van der Waals surface area contributed by atoms with E-state index in [0.717, 1.165) is 61.5 Å². The number of methoxy groups -OCH3 is 1. The molecule has 214 valence electrons. The zero-order valence-corrected chi connectivity index (χ0v) is 23.9. The van der Waals surface area contributed by atoms with Crippen molar-refractivity contribution in [3.05, 3.63) is 59.3 Å². The van der Waals surface area contributed by atoms with Crippen molar-refractivity contribution in [2.24, 2.45) is 11.7 Å². The summed E-state index contributed by atoms with van der Waals surface area (Å²) in [5.41, 5.74) is 13.5. The Morgan fingerprint density at radius 1 is 1.07 bits per heavy atom. The van der Waals surface area contributed by atoms with Crippen LogP contribution in [0.15, 0.2) is 42.6 Å². The molecule has 1 aliphatic carbocycles. The number of hydrogen-bond acceptors (Lipinski definition) is 5. The van der Waals surface area contributed by atoms with Gasteiger partial charge >= 0.3 is 0 Å². The molecule has 2 aliphatic heterocycles. The molecule has 4 aromatic rings. The zero-order chi connectivity index (χ0) is 28.2. The fraction of sp³-hybridized carbons (Fsp3) is 0.469. The number of carbonyl (C=O) groups is 2. The first-order chi connectivity index (χ1) is 19.9. The molecule has 1 saturated carbocycles. The quantitative estimate of drug-likeness (QED) is 0.375. The molecule has 2 saturated heterocycles. The van der Waals surface area contributed by atoms with E-state index in [9.17, 15) is 9.59 Å². The van der Waals surface area contributed by atoms with Crippen LogP contribution in [0.3, 0.4) is 0 Å². The van der Waals surface area contributed by atoms with Crippen molar-refractivity contribution in [2.45, 2.75) is 51.1 Å². The molecule has 3 aromatic heterocycles. The summed E-state index contributed by atoms with van der Waals surface area (Å²) in [6.45, 7) is 6.00. The van der Waals surface area contributed by atoms with Crippen molar-refractivity contribution >= 4 is 28.2 Å². The molecule has 0 spiro atoms. The minimum absolute atomic E-state index is 0.0164. The number of piperidine rings is 1. The van der Waals surface area contributed by atoms with Crippen LogP contribution in [0, 0.1) is 12.8 Å². The topological polar surface area (TPSA) is 98.1 Å². The first-order valence-electron chi connectivity index (χ1n) is 14.8. The van der Waals surface area contributed by atoms with E-state index in [1.807, 2.05) is 32.6 Å². The summed E-state index contributed by atoms with van der Waals surface area (Å²) in [5.74, 6) is 1.05. The molecule has 2 N–H and O–H groups in total. The number of benzene rings is 1. The first-order valence-corrected chi connectivity index (χ1v) is 14.8. The lowest BCUT2D eigenvalue weighted by atomic mass is 9.90. The van der Waals surface area contributed by atoms with Gasteiger partial charge in [-0.05, 0) is 62.3 Å². The third kappa shape index (κ3) is 4.71. The summed E-state index contributed by atoms with van der Waals surface area (Å²) in [7, 11) is 1.56. The molecule has 3 aliphatic rings. The maximum atomic E-state index is 13.3. The highest BCUT2D eigenvalue weighted by molar-refractivity contribution is 5.95. The zero-order valence-electron chi connectivity index (χ0n) is 23.9. The van der Waals surface area contributed by atoms with Gasteiger partial charge in [-0.1, -0.05) is 18.2 Å². The number of ether oxygens (including phenoxy) is 1. The van der Waals surface area contributed by atoms with E-state index < -0.39 is 0 Å². The Bertz CT molecular complexity index is 1640. The average molecular weight is 555 g/mol. The molecule has 9 nitrogen and oxygen atoms in total. The number of para-hydroxylation sites is 1. The van der Waals surface area contributed by atoms with E-state index in [2.05, 4.69) is 35.8 Å². The maximum absolute atomic E-state index is 13.3. The molecule has 0 radical (unpaired) electrons. The average Bonchev–Trinajstić information content (AvgIpc) is 3.61. The van der Waals surface area contributed by atoms with Gasteiger partial charge in [-0.3, -0.25) is 9.59 Å². The molecule has 41 heavy (non-hydrogen) atoms. The minimum atomic E-state index is 0.0164. The van der Waals surface area contributed by atoms with Gasteiger partial charge in [0.25, 0.3) is 5.91 Å². The third-order valence-corrected chi connectivity index (χ3v) is 9.14. The smallest absolute Gasteiger partial charge is 0.255 e. The van der Waals surface area contributed by atoms with Crippen molar-refractivity contribution in [2.75, 3.05) is 39.9 Å². The number of pyridine rings is 1. The van der Waals surface area contributed by atoms with Crippen molar-refractivity contribution < 1.29 is 14.3 Å². The molecule has 9 heteroatoms. The molecule has 5 heterocycles. The van der Waals surface area contributed by atoms with Crippen molar-refractivity contribution in [3.8, 4) is 11.4 Å². The Balaban J connectivity index is 1.26. The number of likely N-dealkylation sites (tertiary alicyclic amines) is 2. The molecule has 1 aromatic carbocycles. The summed E-state index contributed by atoms with van der Waals surface area (Å²) in [6.07, 6.45) is 6.27. The van der Waals surface area contributed by atoms with Gasteiger partial charge in [-0.25, -0.2) is 4.52 Å². The number of amides is 2. The molecular weight excluding hydrogens is 516 g/mol. The predicted octanol–water partition coefficient (Wildman–Crippen LogP) is 3.81. The van der Waals surface area contributed by atoms with Crippen molar-refractivity contribution in [3.63, 3.8) is 0 Å². The predicted molar refractivity (Wildman–Crippen MR) is 158 cm³/mol. The van der Waals surface area contributed by atoms with Gasteiger partial charge in [-0.15, -0.1) is 0 Å². The van der Waals surface area contributed by atoms with Crippen LogP contribution in [0.5, 0.6) is 0 Å². The van der Waals surface area contributed by atoms with Crippen LogP contribution in [-0.2, 0) is 16.1 Å². The Morgan fingerprint density at radius 2 is 1.90 bits per heavy atom. The van der Waals surface area contributed by atoms with Crippen molar-refractivity contribution in [1.29, 1.82) is 0 Å². The molecule has 2 amide bonds. The number of rotatable bonds is 7. The van der Waals surface area contributed by atoms with Gasteiger partial charge in [0, 0.05) is 68.9 Å². The summed E-state index contributed by atoms with van der Waals surface area (Å²) in [5, 5.41) is 6.27. The number of aryl methyl sites for hydroxylation is 1. The lowest BCUT2D eigenvalue weighted by Gasteiger charge is -2.40. The van der Waals surface area contributed by atoms with Gasteiger partial charge in [0.15, 0.2) is 0 Å². The number of hydrogen-bond donors (Lipinski definition) is 1. The molecule has 7 rings (SSSR count). The first kappa shape index (κ1) is 26.2. The van der Waals surface area contributed by atoms with E-state index in [1.54, 1.807) is 7.11 Å². The Labute approximate surface area is 239 Å². The van der Waals surface area contributed by atoms with E-state index in [4.69, 9.17) is 15.6 Å². The van der Waals surface area contributed by atoms with Crippen LogP contribution < -0.4 is 5.73 Å². The maximum Gasteiger partial charge on any atom is 0.255 e. The molecule has 1 atom stereocenters. The summed E-state index contributed by atoms with van der Waals surface area (Å²) >= 11 is 0.